The van der Waals surface area contributed by atoms with Gasteiger partial charge in [-0.15, -0.1) is 0 Å². The van der Waals surface area contributed by atoms with E-state index in [1.54, 1.807) is 47.2 Å². The van der Waals surface area contributed by atoms with E-state index in [9.17, 15) is 8.42 Å². The predicted octanol–water partition coefficient (Wildman–Crippen LogP) is 2.52. The Balaban J connectivity index is 2.11. The lowest BCUT2D eigenvalue weighted by Gasteiger charge is -2.02. The van der Waals surface area contributed by atoms with Crippen LogP contribution in [0.2, 0.25) is 0 Å². The van der Waals surface area contributed by atoms with Crippen molar-refractivity contribution in [2.45, 2.75) is 5.75 Å². The minimum Gasteiger partial charge on any atom is -0.267 e. The summed E-state index contributed by atoms with van der Waals surface area (Å²) in [7, 11) is -3.87. The van der Waals surface area contributed by atoms with E-state index in [2.05, 4.69) is 9.44 Å². The van der Waals surface area contributed by atoms with Crippen molar-refractivity contribution in [2.75, 3.05) is 0 Å². The zero-order valence-electron chi connectivity index (χ0n) is 10.3. The van der Waals surface area contributed by atoms with Gasteiger partial charge in [0, 0.05) is 10.9 Å². The van der Waals surface area contributed by atoms with Gasteiger partial charge in [0.1, 0.15) is 11.8 Å². The highest BCUT2D eigenvalue weighted by atomic mass is 32.2. The largest absolute Gasteiger partial charge is 0.332 e. The van der Waals surface area contributed by atoms with Crippen LogP contribution < -0.4 is 0 Å². The number of nitrogens with zero attached hydrogens (tertiary/aromatic N) is 2. The molecule has 1 aromatic heterocycles. The SMILES string of the molecule is N#CC(=NOS(=O)(=O)Cc1ccccc1)c1ccsc1. The van der Waals surface area contributed by atoms with Gasteiger partial charge in [-0.05, 0) is 17.0 Å². The van der Waals surface area contributed by atoms with Gasteiger partial charge < -0.3 is 0 Å². The Hall–Kier alpha value is -2.17. The minimum absolute atomic E-state index is 0.0668. The fourth-order valence-corrected chi connectivity index (χ4v) is 2.92. The van der Waals surface area contributed by atoms with Crippen molar-refractivity contribution in [3.63, 3.8) is 0 Å². The van der Waals surface area contributed by atoms with Crippen LogP contribution in [0, 0.1) is 11.3 Å². The molecule has 2 aromatic rings. The summed E-state index contributed by atoms with van der Waals surface area (Å²) >= 11 is 1.38. The molecule has 0 amide bonds. The van der Waals surface area contributed by atoms with Gasteiger partial charge >= 0.3 is 10.1 Å². The minimum atomic E-state index is -3.87. The van der Waals surface area contributed by atoms with Crippen LogP contribution in [0.5, 0.6) is 0 Å². The maximum atomic E-state index is 11.8. The molecule has 20 heavy (non-hydrogen) atoms. The lowest BCUT2D eigenvalue weighted by molar-refractivity contribution is 0.339. The number of oxime groups is 1. The number of hydrogen-bond donors (Lipinski definition) is 0. The van der Waals surface area contributed by atoms with Gasteiger partial charge in [0.2, 0.25) is 0 Å². The lowest BCUT2D eigenvalue weighted by Crippen LogP contribution is -2.07. The van der Waals surface area contributed by atoms with E-state index in [4.69, 9.17) is 5.26 Å². The fourth-order valence-electron chi connectivity index (χ4n) is 1.44. The second kappa shape index (κ2) is 6.32. The Morgan fingerprint density at radius 3 is 2.65 bits per heavy atom. The topological polar surface area (TPSA) is 79.5 Å². The van der Waals surface area contributed by atoms with Gasteiger partial charge in [-0.25, -0.2) is 0 Å². The summed E-state index contributed by atoms with van der Waals surface area (Å²) in [6.45, 7) is 0. The maximum absolute atomic E-state index is 11.8. The third-order valence-corrected chi connectivity index (χ3v) is 4.00. The van der Waals surface area contributed by atoms with Gasteiger partial charge in [-0.3, -0.25) is 4.28 Å². The second-order valence-corrected chi connectivity index (χ2v) is 6.16. The highest BCUT2D eigenvalue weighted by Gasteiger charge is 2.14. The van der Waals surface area contributed by atoms with Crippen molar-refractivity contribution in [3.8, 4) is 6.07 Å². The third kappa shape index (κ3) is 3.91. The Bertz CT molecular complexity index is 730. The first kappa shape index (κ1) is 14.2. The molecule has 0 radical (unpaired) electrons. The number of nitriles is 1. The lowest BCUT2D eigenvalue weighted by atomic mass is 10.2. The quantitative estimate of drug-likeness (QED) is 0.628. The van der Waals surface area contributed by atoms with Crippen LogP contribution in [-0.4, -0.2) is 14.1 Å². The second-order valence-electron chi connectivity index (χ2n) is 3.83. The number of thiophene rings is 1. The third-order valence-electron chi connectivity index (χ3n) is 2.33. The molecule has 0 atom stereocenters. The molecule has 0 aliphatic carbocycles. The first-order valence-electron chi connectivity index (χ1n) is 5.56. The molecule has 0 fully saturated rings. The smallest absolute Gasteiger partial charge is 0.267 e. The Morgan fingerprint density at radius 1 is 1.30 bits per heavy atom. The normalized spacial score (nSPS) is 11.8. The number of hydrogen-bond acceptors (Lipinski definition) is 6. The summed E-state index contributed by atoms with van der Waals surface area (Å²) < 4.78 is 28.1. The molecule has 0 N–H and O–H groups in total. The standard InChI is InChI=1S/C13H10N2O3S2/c14-8-13(12-6-7-19-9-12)15-18-20(16,17)10-11-4-2-1-3-5-11/h1-7,9H,10H2. The number of rotatable bonds is 5. The van der Waals surface area contributed by atoms with Crippen molar-refractivity contribution < 1.29 is 12.7 Å². The summed E-state index contributed by atoms with van der Waals surface area (Å²) in [6.07, 6.45) is 0. The van der Waals surface area contributed by atoms with Crippen LogP contribution in [0.25, 0.3) is 0 Å². The van der Waals surface area contributed by atoms with Crippen LogP contribution in [0.1, 0.15) is 11.1 Å². The molecule has 0 saturated heterocycles. The molecule has 0 aliphatic rings. The van der Waals surface area contributed by atoms with Crippen LogP contribution in [0.3, 0.4) is 0 Å². The Kier molecular flexibility index (Phi) is 4.50. The van der Waals surface area contributed by atoms with E-state index < -0.39 is 10.1 Å². The van der Waals surface area contributed by atoms with Crippen molar-refractivity contribution in [3.05, 3.63) is 58.3 Å². The van der Waals surface area contributed by atoms with Crippen LogP contribution in [0.4, 0.5) is 0 Å². The van der Waals surface area contributed by atoms with Crippen molar-refractivity contribution in [1.82, 2.24) is 0 Å². The zero-order chi connectivity index (χ0) is 14.4. The highest BCUT2D eigenvalue weighted by molar-refractivity contribution is 7.85. The molecular weight excluding hydrogens is 296 g/mol. The summed E-state index contributed by atoms with van der Waals surface area (Å²) in [4.78, 5) is 0. The average Bonchev–Trinajstić information content (AvgIpc) is 2.94. The zero-order valence-corrected chi connectivity index (χ0v) is 11.9. The predicted molar refractivity (Wildman–Crippen MR) is 76.6 cm³/mol. The van der Waals surface area contributed by atoms with Crippen LogP contribution in [-0.2, 0) is 20.2 Å². The van der Waals surface area contributed by atoms with E-state index in [1.165, 1.54) is 11.3 Å². The van der Waals surface area contributed by atoms with E-state index in [-0.39, 0.29) is 11.5 Å². The molecule has 0 bridgehead atoms. The van der Waals surface area contributed by atoms with E-state index in [0.29, 0.717) is 11.1 Å². The maximum Gasteiger partial charge on any atom is 0.332 e. The van der Waals surface area contributed by atoms with E-state index in [0.717, 1.165) is 0 Å². The Morgan fingerprint density at radius 2 is 2.05 bits per heavy atom. The highest BCUT2D eigenvalue weighted by Crippen LogP contribution is 2.11. The van der Waals surface area contributed by atoms with E-state index >= 15 is 0 Å². The molecule has 2 rings (SSSR count). The summed E-state index contributed by atoms with van der Waals surface area (Å²) in [6, 6.07) is 12.1. The van der Waals surface area contributed by atoms with Gasteiger partial charge in [0.15, 0.2) is 5.71 Å². The summed E-state index contributed by atoms with van der Waals surface area (Å²) in [5.41, 5.74) is 1.06. The van der Waals surface area contributed by atoms with Gasteiger partial charge in [0.25, 0.3) is 0 Å². The van der Waals surface area contributed by atoms with Crippen molar-refractivity contribution in [1.29, 1.82) is 5.26 Å². The first-order chi connectivity index (χ1) is 9.61. The molecule has 0 unspecified atom stereocenters. The molecule has 1 aromatic carbocycles. The van der Waals surface area contributed by atoms with Gasteiger partial charge in [0.05, 0.1) is 0 Å². The molecule has 7 heteroatoms. The van der Waals surface area contributed by atoms with Crippen molar-refractivity contribution >= 4 is 27.2 Å². The molecule has 0 aliphatic heterocycles. The first-order valence-corrected chi connectivity index (χ1v) is 8.08. The molecule has 5 nitrogen and oxygen atoms in total. The molecule has 1 heterocycles. The molecule has 0 spiro atoms. The Labute approximate surface area is 120 Å². The van der Waals surface area contributed by atoms with Gasteiger partial charge in [-0.1, -0.05) is 35.5 Å². The molecule has 102 valence electrons. The molecule has 0 saturated carbocycles. The van der Waals surface area contributed by atoms with Gasteiger partial charge in [-0.2, -0.15) is 25.0 Å². The monoisotopic (exact) mass is 306 g/mol. The van der Waals surface area contributed by atoms with Crippen molar-refractivity contribution in [2.24, 2.45) is 5.16 Å². The summed E-state index contributed by atoms with van der Waals surface area (Å²) in [5.74, 6) is -0.292. The summed E-state index contributed by atoms with van der Waals surface area (Å²) in [5, 5.41) is 15.8. The molecular formula is C13H10N2O3S2. The fraction of sp³-hybridized carbons (Fsp3) is 0.0769. The average molecular weight is 306 g/mol. The number of benzene rings is 1. The van der Waals surface area contributed by atoms with Crippen LogP contribution in [0.15, 0.2) is 52.3 Å². The van der Waals surface area contributed by atoms with E-state index in [1.807, 2.05) is 6.07 Å². The van der Waals surface area contributed by atoms with Crippen LogP contribution >= 0.6 is 11.3 Å².